The van der Waals surface area contributed by atoms with Crippen LogP contribution in [0, 0.1) is 11.8 Å². The van der Waals surface area contributed by atoms with E-state index in [9.17, 15) is 19.2 Å². The van der Waals surface area contributed by atoms with Gasteiger partial charge >= 0.3 is 6.09 Å². The number of nitrogens with zero attached hydrogens (tertiary/aromatic N) is 6. The third-order valence-electron chi connectivity index (χ3n) is 8.71. The van der Waals surface area contributed by atoms with Crippen molar-refractivity contribution in [2.24, 2.45) is 17.6 Å². The van der Waals surface area contributed by atoms with E-state index in [0.717, 1.165) is 5.69 Å². The lowest BCUT2D eigenvalue weighted by atomic mass is 9.76. The van der Waals surface area contributed by atoms with E-state index in [2.05, 4.69) is 15.5 Å². The van der Waals surface area contributed by atoms with Gasteiger partial charge in [0, 0.05) is 31.9 Å². The number of fused-ring (bicyclic) bond motifs is 4. The summed E-state index contributed by atoms with van der Waals surface area (Å²) >= 11 is 1.20. The number of methoxy groups -OCH3 is 1. The average molecular weight is 598 g/mol. The van der Waals surface area contributed by atoms with Crippen LogP contribution < -0.4 is 5.73 Å². The summed E-state index contributed by atoms with van der Waals surface area (Å²) in [6, 6.07) is 8.58. The summed E-state index contributed by atoms with van der Waals surface area (Å²) in [6.45, 7) is 1.59. The molecule has 2 N–H and O–H groups in total. The van der Waals surface area contributed by atoms with Gasteiger partial charge in [0.25, 0.3) is 0 Å². The molecule has 2 aromatic rings. The molecule has 1 aromatic heterocycles. The Hall–Kier alpha value is -3.86. The monoisotopic (exact) mass is 597 g/mol. The molecule has 1 spiro atoms. The molecule has 0 radical (unpaired) electrons. The summed E-state index contributed by atoms with van der Waals surface area (Å²) in [5.74, 6) is -4.89. The zero-order valence-corrected chi connectivity index (χ0v) is 23.5. The van der Waals surface area contributed by atoms with Crippen LogP contribution in [0.15, 0.2) is 46.8 Å². The Kier molecular flexibility index (Phi) is 6.16. The standard InChI is InChI=1S/C26H27N7O8S/c1-13(34)32-17-10-31-19-18(15(11-39-23(27)37)25(31,38-2)21(17)32)22(36)26(40-8-9-41-26)16(20(19)35)12-42-24-28-29-30-33(24)14-6-4-3-5-7-14/h3-7,15-17,21H,8-12H2,1-2H3,(H2,27,37)/t15-,16?,17+,21+,25-,32?/m1/s1. The summed E-state index contributed by atoms with van der Waals surface area (Å²) in [6.07, 6.45) is -1.04. The van der Waals surface area contributed by atoms with Crippen molar-refractivity contribution in [3.05, 3.63) is 41.6 Å². The van der Waals surface area contributed by atoms with Crippen molar-refractivity contribution in [2.45, 2.75) is 35.7 Å². The van der Waals surface area contributed by atoms with E-state index in [0.29, 0.717) is 5.16 Å². The maximum Gasteiger partial charge on any atom is 0.404 e. The highest BCUT2D eigenvalue weighted by molar-refractivity contribution is 7.99. The number of nitrogens with two attached hydrogens (primary N) is 1. The fraction of sp³-hybridized carbons (Fsp3) is 0.500. The van der Waals surface area contributed by atoms with Gasteiger partial charge in [-0.25, -0.2) is 4.79 Å². The number of amides is 2. The van der Waals surface area contributed by atoms with Gasteiger partial charge in [-0.2, -0.15) is 4.68 Å². The summed E-state index contributed by atoms with van der Waals surface area (Å²) < 4.78 is 24.8. The molecule has 7 rings (SSSR count). The molecule has 16 heteroatoms. The third kappa shape index (κ3) is 3.55. The Morgan fingerprint density at radius 1 is 1.17 bits per heavy atom. The van der Waals surface area contributed by atoms with Crippen molar-refractivity contribution in [2.75, 3.05) is 39.2 Å². The smallest absolute Gasteiger partial charge is 0.404 e. The summed E-state index contributed by atoms with van der Waals surface area (Å²) in [5, 5.41) is 12.4. The quantitative estimate of drug-likeness (QED) is 0.319. The number of thioether (sulfide) groups is 1. The van der Waals surface area contributed by atoms with Crippen LogP contribution in [-0.4, -0.2) is 116 Å². The highest BCUT2D eigenvalue weighted by Gasteiger charge is 2.79. The van der Waals surface area contributed by atoms with Gasteiger partial charge in [-0.1, -0.05) is 30.0 Å². The predicted octanol–water partition coefficient (Wildman–Crippen LogP) is -0.498. The van der Waals surface area contributed by atoms with Crippen molar-refractivity contribution < 1.29 is 38.1 Å². The Labute approximate surface area is 243 Å². The summed E-state index contributed by atoms with van der Waals surface area (Å²) in [7, 11) is 1.45. The fourth-order valence-electron chi connectivity index (χ4n) is 7.10. The van der Waals surface area contributed by atoms with E-state index in [4.69, 9.17) is 24.7 Å². The first kappa shape index (κ1) is 27.0. The molecule has 42 heavy (non-hydrogen) atoms. The number of hydrogen-bond acceptors (Lipinski definition) is 13. The molecule has 0 bridgehead atoms. The molecule has 5 aliphatic rings. The molecule has 0 saturated carbocycles. The van der Waals surface area contributed by atoms with E-state index in [1.54, 1.807) is 14.5 Å². The zero-order valence-electron chi connectivity index (χ0n) is 22.7. The lowest BCUT2D eigenvalue weighted by Crippen LogP contribution is -2.56. The summed E-state index contributed by atoms with van der Waals surface area (Å²) in [4.78, 5) is 56.5. The molecule has 3 saturated heterocycles. The second-order valence-corrected chi connectivity index (χ2v) is 11.6. The topological polar surface area (TPSA) is 181 Å². The SMILES string of the molecule is CO[C@@]12[C@H](COC(N)=O)C3=C(C(=O)C(CSc4nnnn4-c4ccccc4)C4(OCCO4)C3=O)N1C[C@H]1[C@@H]2N1C(C)=O. The Balaban J connectivity index is 1.28. The Morgan fingerprint density at radius 3 is 2.57 bits per heavy atom. The first-order valence-electron chi connectivity index (χ1n) is 13.4. The number of carbonyl (C=O) groups is 4. The number of allylic oxidation sites excluding steroid dienone is 1. The molecular formula is C26H27N7O8S. The van der Waals surface area contributed by atoms with E-state index < -0.39 is 41.3 Å². The molecule has 1 unspecified atom stereocenters. The first-order valence-corrected chi connectivity index (χ1v) is 14.4. The zero-order chi connectivity index (χ0) is 29.4. The second-order valence-electron chi connectivity index (χ2n) is 10.6. The van der Waals surface area contributed by atoms with Crippen LogP contribution in [0.4, 0.5) is 4.79 Å². The number of ether oxygens (including phenoxy) is 4. The van der Waals surface area contributed by atoms with E-state index >= 15 is 0 Å². The van der Waals surface area contributed by atoms with Crippen LogP contribution >= 0.6 is 11.8 Å². The molecule has 4 aliphatic heterocycles. The molecule has 1 aromatic carbocycles. The molecule has 5 heterocycles. The number of benzene rings is 1. The van der Waals surface area contributed by atoms with Crippen molar-refractivity contribution >= 4 is 35.3 Å². The fourth-order valence-corrected chi connectivity index (χ4v) is 8.14. The number of aromatic nitrogens is 4. The Bertz CT molecular complexity index is 1530. The third-order valence-corrected chi connectivity index (χ3v) is 9.72. The van der Waals surface area contributed by atoms with E-state index in [1.165, 1.54) is 25.8 Å². The number of rotatable bonds is 7. The van der Waals surface area contributed by atoms with Crippen molar-refractivity contribution in [1.82, 2.24) is 30.0 Å². The molecule has 5 atom stereocenters. The molecule has 2 amide bonds. The van der Waals surface area contributed by atoms with Gasteiger partial charge in [0.1, 0.15) is 12.6 Å². The largest absolute Gasteiger partial charge is 0.449 e. The van der Waals surface area contributed by atoms with Crippen molar-refractivity contribution in [1.29, 1.82) is 0 Å². The van der Waals surface area contributed by atoms with E-state index in [1.807, 2.05) is 30.3 Å². The van der Waals surface area contributed by atoms with Gasteiger partial charge in [0.2, 0.25) is 22.6 Å². The average Bonchev–Trinajstić information content (AvgIpc) is 3.41. The highest BCUT2D eigenvalue weighted by atomic mass is 32.2. The maximum absolute atomic E-state index is 14.5. The number of para-hydroxylation sites is 1. The van der Waals surface area contributed by atoms with Crippen LogP contribution in [0.3, 0.4) is 0 Å². The molecule has 15 nitrogen and oxygen atoms in total. The number of hydrogen-bond donors (Lipinski definition) is 1. The highest BCUT2D eigenvalue weighted by Crippen LogP contribution is 2.61. The van der Waals surface area contributed by atoms with Crippen LogP contribution in [0.1, 0.15) is 6.92 Å². The lowest BCUT2D eigenvalue weighted by Gasteiger charge is -2.41. The van der Waals surface area contributed by atoms with Gasteiger partial charge in [-0.3, -0.25) is 14.4 Å². The number of tetrazole rings is 1. The molecular weight excluding hydrogens is 570 g/mol. The molecule has 1 aliphatic carbocycles. The number of carbonyl (C=O) groups excluding carboxylic acids is 4. The second kappa shape index (κ2) is 9.58. The van der Waals surface area contributed by atoms with Gasteiger partial charge in [-0.15, -0.1) is 5.10 Å². The van der Waals surface area contributed by atoms with Gasteiger partial charge in [0.05, 0.1) is 42.5 Å². The Morgan fingerprint density at radius 2 is 1.90 bits per heavy atom. The van der Waals surface area contributed by atoms with Crippen LogP contribution in [0.25, 0.3) is 5.69 Å². The first-order chi connectivity index (χ1) is 20.3. The number of Topliss-reactive ketones (excluding diaryl/α,β-unsaturated/α-hetero) is 2. The minimum absolute atomic E-state index is 0.0667. The number of ketones is 2. The van der Waals surface area contributed by atoms with Gasteiger partial charge in [-0.05, 0) is 22.6 Å². The van der Waals surface area contributed by atoms with Crippen LogP contribution in [0.5, 0.6) is 0 Å². The minimum Gasteiger partial charge on any atom is -0.449 e. The predicted molar refractivity (Wildman–Crippen MR) is 141 cm³/mol. The minimum atomic E-state index is -1.89. The van der Waals surface area contributed by atoms with Gasteiger partial charge < -0.3 is 34.5 Å². The van der Waals surface area contributed by atoms with E-state index in [-0.39, 0.29) is 61.1 Å². The van der Waals surface area contributed by atoms with Crippen molar-refractivity contribution in [3.63, 3.8) is 0 Å². The lowest BCUT2D eigenvalue weighted by molar-refractivity contribution is -0.197. The normalized spacial score (nSPS) is 30.5. The van der Waals surface area contributed by atoms with Gasteiger partial charge in [0.15, 0.2) is 11.5 Å². The number of primary amides is 1. The summed E-state index contributed by atoms with van der Waals surface area (Å²) in [5.41, 5.74) is 4.97. The number of piperazine rings is 1. The van der Waals surface area contributed by atoms with Crippen LogP contribution in [0.2, 0.25) is 0 Å². The maximum atomic E-state index is 14.5. The molecule has 3 fully saturated rings. The van der Waals surface area contributed by atoms with Crippen LogP contribution in [-0.2, 0) is 33.3 Å². The molecule has 220 valence electrons. The van der Waals surface area contributed by atoms with Crippen molar-refractivity contribution in [3.8, 4) is 5.69 Å².